The van der Waals surface area contributed by atoms with E-state index in [0.717, 1.165) is 6.07 Å². The lowest BCUT2D eigenvalue weighted by Gasteiger charge is -2.23. The Morgan fingerprint density at radius 2 is 1.87 bits per heavy atom. The van der Waals surface area contributed by atoms with Crippen LogP contribution in [0, 0.1) is 11.3 Å². The number of methoxy groups -OCH3 is 1. The van der Waals surface area contributed by atoms with E-state index in [0.29, 0.717) is 22.3 Å². The molecule has 0 spiro atoms. The topological polar surface area (TPSA) is 112 Å². The maximum atomic E-state index is 12.8. The average Bonchev–Trinajstić information content (AvgIpc) is 2.77. The van der Waals surface area contributed by atoms with E-state index < -0.39 is 24.0 Å². The first-order valence-corrected chi connectivity index (χ1v) is 9.14. The van der Waals surface area contributed by atoms with Crippen molar-refractivity contribution in [2.75, 3.05) is 25.2 Å². The summed E-state index contributed by atoms with van der Waals surface area (Å²) in [5.41, 5.74) is 0.588. The number of rotatable bonds is 7. The maximum absolute atomic E-state index is 12.8. The van der Waals surface area contributed by atoms with Gasteiger partial charge >= 0.3 is 5.97 Å². The van der Waals surface area contributed by atoms with Crippen molar-refractivity contribution in [3.8, 4) is 11.8 Å². The Labute approximate surface area is 172 Å². The number of fused-ring (bicyclic) bond motifs is 1. The molecular formula is C22H19N3O5. The highest BCUT2D eigenvalue weighted by Gasteiger charge is 2.21. The Kier molecular flexibility index (Phi) is 6.45. The van der Waals surface area contributed by atoms with Crippen molar-refractivity contribution in [3.63, 3.8) is 0 Å². The van der Waals surface area contributed by atoms with Crippen molar-refractivity contribution in [3.05, 3.63) is 70.5 Å². The number of amides is 1. The van der Waals surface area contributed by atoms with Gasteiger partial charge in [-0.2, -0.15) is 5.26 Å². The van der Waals surface area contributed by atoms with Crippen molar-refractivity contribution in [2.45, 2.75) is 6.42 Å². The van der Waals surface area contributed by atoms with Crippen LogP contribution in [0.5, 0.6) is 5.75 Å². The molecule has 1 amide bonds. The van der Waals surface area contributed by atoms with Gasteiger partial charge in [0.1, 0.15) is 5.75 Å². The second kappa shape index (κ2) is 9.39. The highest BCUT2D eigenvalue weighted by molar-refractivity contribution is 6.04. The van der Waals surface area contributed by atoms with Gasteiger partial charge < -0.3 is 19.4 Å². The molecule has 0 aliphatic heterocycles. The van der Waals surface area contributed by atoms with Gasteiger partial charge in [0.05, 0.1) is 30.9 Å². The van der Waals surface area contributed by atoms with Crippen LogP contribution < -0.4 is 15.2 Å². The van der Waals surface area contributed by atoms with Gasteiger partial charge in [-0.05, 0) is 18.2 Å². The molecule has 30 heavy (non-hydrogen) atoms. The molecule has 2 aromatic carbocycles. The molecule has 1 heterocycles. The minimum atomic E-state index is -0.786. The number of esters is 1. The molecule has 8 nitrogen and oxygen atoms in total. The summed E-state index contributed by atoms with van der Waals surface area (Å²) in [6.07, 6.45) is 0.0937. The molecule has 0 aliphatic rings. The number of nitriles is 1. The molecule has 1 aromatic heterocycles. The Morgan fingerprint density at radius 3 is 2.63 bits per heavy atom. The Bertz CT molecular complexity index is 1180. The highest BCUT2D eigenvalue weighted by atomic mass is 16.5. The summed E-state index contributed by atoms with van der Waals surface area (Å²) in [6, 6.07) is 16.8. The molecule has 0 saturated carbocycles. The smallest absolute Gasteiger partial charge is 0.339 e. The number of carbonyl (C=O) groups is 2. The molecule has 0 aliphatic carbocycles. The Morgan fingerprint density at radius 1 is 1.13 bits per heavy atom. The third-order valence-corrected chi connectivity index (χ3v) is 4.42. The number of hydrogen-bond acceptors (Lipinski definition) is 6. The van der Waals surface area contributed by atoms with E-state index in [1.807, 2.05) is 6.07 Å². The zero-order valence-corrected chi connectivity index (χ0v) is 16.3. The molecule has 0 saturated heterocycles. The maximum Gasteiger partial charge on any atom is 0.339 e. The second-order valence-corrected chi connectivity index (χ2v) is 6.29. The van der Waals surface area contributed by atoms with Gasteiger partial charge in [0.2, 0.25) is 5.56 Å². The van der Waals surface area contributed by atoms with E-state index in [4.69, 9.17) is 14.7 Å². The van der Waals surface area contributed by atoms with Crippen LogP contribution in [0.3, 0.4) is 0 Å². The highest BCUT2D eigenvalue weighted by Crippen LogP contribution is 2.28. The van der Waals surface area contributed by atoms with Crippen LogP contribution in [-0.2, 0) is 9.53 Å². The molecule has 0 bridgehead atoms. The number of nitrogens with zero attached hydrogens (tertiary/aromatic N) is 2. The van der Waals surface area contributed by atoms with E-state index in [9.17, 15) is 14.4 Å². The van der Waals surface area contributed by atoms with Crippen LogP contribution in [0.2, 0.25) is 0 Å². The number of pyridine rings is 1. The molecule has 3 rings (SSSR count). The van der Waals surface area contributed by atoms with Gasteiger partial charge in [0, 0.05) is 23.5 Å². The van der Waals surface area contributed by atoms with Crippen LogP contribution in [0.4, 0.5) is 5.69 Å². The first-order chi connectivity index (χ1) is 14.5. The fourth-order valence-electron chi connectivity index (χ4n) is 3.05. The third-order valence-electron chi connectivity index (χ3n) is 4.42. The third kappa shape index (κ3) is 4.47. The number of H-pyrrole nitrogens is 1. The van der Waals surface area contributed by atoms with Gasteiger partial charge in [-0.15, -0.1) is 0 Å². The second-order valence-electron chi connectivity index (χ2n) is 6.29. The van der Waals surface area contributed by atoms with Gasteiger partial charge in [-0.25, -0.2) is 4.79 Å². The number of carbonyl (C=O) groups excluding carboxylic acids is 2. The minimum Gasteiger partial charge on any atom is -0.495 e. The number of hydrogen-bond donors (Lipinski definition) is 1. The van der Waals surface area contributed by atoms with Gasteiger partial charge in [0.15, 0.2) is 6.61 Å². The number of aromatic nitrogens is 1. The largest absolute Gasteiger partial charge is 0.495 e. The van der Waals surface area contributed by atoms with Crippen molar-refractivity contribution < 1.29 is 19.1 Å². The van der Waals surface area contributed by atoms with Crippen molar-refractivity contribution in [1.82, 2.24) is 4.98 Å². The number of nitrogens with one attached hydrogen (secondary N) is 1. The summed E-state index contributed by atoms with van der Waals surface area (Å²) in [4.78, 5) is 41.2. The van der Waals surface area contributed by atoms with Crippen LogP contribution in [0.25, 0.3) is 10.9 Å². The normalized spacial score (nSPS) is 10.3. The van der Waals surface area contributed by atoms with Crippen molar-refractivity contribution in [2.24, 2.45) is 0 Å². The lowest BCUT2D eigenvalue weighted by molar-refractivity contribution is -0.121. The van der Waals surface area contributed by atoms with E-state index in [-0.39, 0.29) is 18.5 Å². The van der Waals surface area contributed by atoms with Gasteiger partial charge in [0.25, 0.3) is 5.91 Å². The van der Waals surface area contributed by atoms with Crippen molar-refractivity contribution >= 4 is 28.5 Å². The SMILES string of the molecule is COc1ccccc1N(CCC#N)C(=O)COC(=O)c1cc(=O)[nH]c2ccccc12. The molecule has 1 N–H and O–H groups in total. The van der Waals surface area contributed by atoms with E-state index >= 15 is 0 Å². The molecule has 152 valence electrons. The van der Waals surface area contributed by atoms with Crippen LogP contribution in [-0.4, -0.2) is 37.1 Å². The average molecular weight is 405 g/mol. The zero-order chi connectivity index (χ0) is 21.5. The fourth-order valence-corrected chi connectivity index (χ4v) is 3.05. The fraction of sp³-hybridized carbons (Fsp3) is 0.182. The zero-order valence-electron chi connectivity index (χ0n) is 16.3. The van der Waals surface area contributed by atoms with Crippen molar-refractivity contribution in [1.29, 1.82) is 5.26 Å². The quantitative estimate of drug-likeness (QED) is 0.605. The summed E-state index contributed by atoms with van der Waals surface area (Å²) in [5, 5.41) is 9.44. The lowest BCUT2D eigenvalue weighted by Crippen LogP contribution is -2.35. The summed E-state index contributed by atoms with van der Waals surface area (Å²) < 4.78 is 10.5. The molecular weight excluding hydrogens is 386 g/mol. The molecule has 3 aromatic rings. The number of anilines is 1. The molecule has 0 fully saturated rings. The van der Waals surface area contributed by atoms with Crippen LogP contribution >= 0.6 is 0 Å². The molecule has 0 atom stereocenters. The molecule has 0 unspecified atom stereocenters. The number of aromatic amines is 1. The summed E-state index contributed by atoms with van der Waals surface area (Å²) in [5.74, 6) is -0.848. The van der Waals surface area contributed by atoms with Gasteiger partial charge in [-0.1, -0.05) is 30.3 Å². The van der Waals surface area contributed by atoms with Crippen LogP contribution in [0.1, 0.15) is 16.8 Å². The van der Waals surface area contributed by atoms with E-state index in [1.54, 1.807) is 48.5 Å². The number of ether oxygens (including phenoxy) is 2. The predicted octanol–water partition coefficient (Wildman–Crippen LogP) is 2.64. The minimum absolute atomic E-state index is 0.0722. The first-order valence-electron chi connectivity index (χ1n) is 9.14. The summed E-state index contributed by atoms with van der Waals surface area (Å²) >= 11 is 0. The lowest BCUT2D eigenvalue weighted by atomic mass is 10.1. The standard InChI is InChI=1S/C22H19N3O5/c1-29-19-10-5-4-9-18(19)25(12-6-11-23)21(27)14-30-22(28)16-13-20(26)24-17-8-3-2-7-15(16)17/h2-5,7-10,13H,6,12,14H2,1H3,(H,24,26). The number of benzene rings is 2. The number of para-hydroxylation sites is 3. The van der Waals surface area contributed by atoms with Gasteiger partial charge in [-0.3, -0.25) is 9.59 Å². The Hall–Kier alpha value is -4.12. The predicted molar refractivity (Wildman–Crippen MR) is 110 cm³/mol. The van der Waals surface area contributed by atoms with Crippen LogP contribution in [0.15, 0.2) is 59.4 Å². The van der Waals surface area contributed by atoms with E-state index in [2.05, 4.69) is 4.98 Å². The Balaban J connectivity index is 1.81. The molecule has 8 heteroatoms. The monoisotopic (exact) mass is 405 g/mol. The summed E-state index contributed by atoms with van der Waals surface area (Å²) in [7, 11) is 1.48. The first kappa shape index (κ1) is 20.6. The summed E-state index contributed by atoms with van der Waals surface area (Å²) in [6.45, 7) is -0.440. The molecule has 0 radical (unpaired) electrons. The van der Waals surface area contributed by atoms with E-state index in [1.165, 1.54) is 12.0 Å².